The highest BCUT2D eigenvalue weighted by Gasteiger charge is 2.36. The highest BCUT2D eigenvalue weighted by atomic mass is 32.2. The Balaban J connectivity index is 1.45. The van der Waals surface area contributed by atoms with E-state index < -0.39 is 6.10 Å². The van der Waals surface area contributed by atoms with Crippen LogP contribution in [0, 0.1) is 0 Å². The number of hydrogen-bond donors (Lipinski definition) is 1. The number of ether oxygens (including phenoxy) is 5. The molecule has 0 radical (unpaired) electrons. The molecule has 1 saturated carbocycles. The van der Waals surface area contributed by atoms with Gasteiger partial charge in [0.25, 0.3) is 0 Å². The first kappa shape index (κ1) is 31.1. The van der Waals surface area contributed by atoms with E-state index in [9.17, 15) is 5.11 Å². The van der Waals surface area contributed by atoms with E-state index in [-0.39, 0.29) is 18.1 Å². The zero-order valence-electron chi connectivity index (χ0n) is 24.4. The number of nitrogens with zero attached hydrogens (tertiary/aromatic N) is 1. The molecule has 1 N–H and O–H groups in total. The molecule has 0 aromatic heterocycles. The van der Waals surface area contributed by atoms with Gasteiger partial charge in [0.05, 0.1) is 57.0 Å². The summed E-state index contributed by atoms with van der Waals surface area (Å²) < 4.78 is 29.9. The molecule has 0 spiro atoms. The van der Waals surface area contributed by atoms with Crippen molar-refractivity contribution in [3.8, 4) is 5.75 Å². The molecule has 2 aromatic carbocycles. The Labute approximate surface area is 244 Å². The van der Waals surface area contributed by atoms with E-state index in [4.69, 9.17) is 23.7 Å². The lowest BCUT2D eigenvalue weighted by atomic mass is 9.79. The maximum Gasteiger partial charge on any atom is 0.142 e. The Morgan fingerprint density at radius 3 is 2.55 bits per heavy atom. The van der Waals surface area contributed by atoms with Gasteiger partial charge in [-0.1, -0.05) is 30.3 Å². The van der Waals surface area contributed by atoms with Crippen molar-refractivity contribution in [3.05, 3.63) is 59.2 Å². The van der Waals surface area contributed by atoms with Crippen molar-refractivity contribution in [2.75, 3.05) is 63.5 Å². The minimum absolute atomic E-state index is 0.00485. The number of anilines is 1. The summed E-state index contributed by atoms with van der Waals surface area (Å²) in [6, 6.07) is 15.1. The van der Waals surface area contributed by atoms with Gasteiger partial charge in [-0.3, -0.25) is 0 Å². The molecule has 222 valence electrons. The van der Waals surface area contributed by atoms with E-state index >= 15 is 0 Å². The summed E-state index contributed by atoms with van der Waals surface area (Å²) in [4.78, 5) is 2.39. The monoisotopic (exact) mass is 573 g/mol. The summed E-state index contributed by atoms with van der Waals surface area (Å²) in [7, 11) is 1.75. The van der Waals surface area contributed by atoms with E-state index in [1.807, 2.05) is 0 Å². The average Bonchev–Trinajstić information content (AvgIpc) is 2.98. The van der Waals surface area contributed by atoms with Crippen molar-refractivity contribution in [2.45, 2.75) is 70.1 Å². The fourth-order valence-electron chi connectivity index (χ4n) is 5.60. The van der Waals surface area contributed by atoms with Crippen molar-refractivity contribution in [2.24, 2.45) is 0 Å². The molecule has 2 aromatic rings. The van der Waals surface area contributed by atoms with Crippen LogP contribution in [0.3, 0.4) is 0 Å². The van der Waals surface area contributed by atoms with Crippen LogP contribution in [0.15, 0.2) is 42.5 Å². The Kier molecular flexibility index (Phi) is 12.9. The molecule has 1 aliphatic carbocycles. The average molecular weight is 574 g/mol. The topological polar surface area (TPSA) is 69.6 Å². The predicted octanol–water partition coefficient (Wildman–Crippen LogP) is 5.42. The SMILES string of the molecule is COCCCN1CCOc2ccc(CO[C@H]3CCC[C@@H](OC[C@@H](C)O)[C@@H]3c3ccc(COCCSC)cc3)cc21. The molecule has 7 nitrogen and oxygen atoms in total. The second-order valence-corrected chi connectivity index (χ2v) is 11.8. The van der Waals surface area contributed by atoms with Crippen LogP contribution < -0.4 is 9.64 Å². The zero-order valence-corrected chi connectivity index (χ0v) is 25.2. The number of methoxy groups -OCH3 is 1. The lowest BCUT2D eigenvalue weighted by Crippen LogP contribution is -2.38. The van der Waals surface area contributed by atoms with Crippen molar-refractivity contribution < 1.29 is 28.8 Å². The zero-order chi connectivity index (χ0) is 28.2. The lowest BCUT2D eigenvalue weighted by molar-refractivity contribution is -0.0835. The third kappa shape index (κ3) is 9.10. The van der Waals surface area contributed by atoms with Crippen LogP contribution in [0.2, 0.25) is 0 Å². The molecule has 40 heavy (non-hydrogen) atoms. The fourth-order valence-corrected chi connectivity index (χ4v) is 5.88. The quantitative estimate of drug-likeness (QED) is 0.267. The van der Waals surface area contributed by atoms with Crippen molar-refractivity contribution in [1.29, 1.82) is 0 Å². The standard InChI is InChI=1S/C32H47NO6S/c1-24(34)21-38-30-6-4-7-31(32(30)27-11-8-25(9-12-27)22-36-18-19-40-3)39-23-26-10-13-29-28(20-26)33(15-17-37-29)14-5-16-35-2/h8-13,20,24,30-32,34H,4-7,14-19,21-23H2,1-3H3/t24-,30-,31+,32+/m1/s1. The van der Waals surface area contributed by atoms with Crippen LogP contribution in [0.5, 0.6) is 5.75 Å². The molecular weight excluding hydrogens is 526 g/mol. The Hall–Kier alpha value is -1.81. The summed E-state index contributed by atoms with van der Waals surface area (Å²) in [5.74, 6) is 2.04. The van der Waals surface area contributed by atoms with Crippen molar-refractivity contribution in [3.63, 3.8) is 0 Å². The van der Waals surface area contributed by atoms with Gasteiger partial charge in [0.1, 0.15) is 12.4 Å². The van der Waals surface area contributed by atoms with Gasteiger partial charge in [0, 0.05) is 31.9 Å². The first-order chi connectivity index (χ1) is 19.6. The van der Waals surface area contributed by atoms with E-state index in [0.717, 1.165) is 74.7 Å². The summed E-state index contributed by atoms with van der Waals surface area (Å²) in [5.41, 5.74) is 4.67. The van der Waals surface area contributed by atoms with Gasteiger partial charge < -0.3 is 33.7 Å². The highest BCUT2D eigenvalue weighted by Crippen LogP contribution is 2.39. The number of benzene rings is 2. The molecule has 1 fully saturated rings. The third-order valence-electron chi connectivity index (χ3n) is 7.62. The second kappa shape index (κ2) is 16.6. The van der Waals surface area contributed by atoms with Gasteiger partial charge in [-0.25, -0.2) is 0 Å². The fraction of sp³-hybridized carbons (Fsp3) is 0.625. The van der Waals surface area contributed by atoms with Gasteiger partial charge in [0.2, 0.25) is 0 Å². The van der Waals surface area contributed by atoms with Gasteiger partial charge >= 0.3 is 0 Å². The molecule has 0 amide bonds. The summed E-state index contributed by atoms with van der Waals surface area (Å²) in [6.07, 6.45) is 5.60. The Bertz CT molecular complexity index is 1000. The van der Waals surface area contributed by atoms with E-state index in [1.165, 1.54) is 11.1 Å². The maximum atomic E-state index is 9.91. The van der Waals surface area contributed by atoms with E-state index in [2.05, 4.69) is 53.6 Å². The maximum absolute atomic E-state index is 9.91. The summed E-state index contributed by atoms with van der Waals surface area (Å²) in [6.45, 7) is 7.31. The van der Waals surface area contributed by atoms with Crippen LogP contribution in [-0.4, -0.2) is 82.1 Å². The lowest BCUT2D eigenvalue weighted by Gasteiger charge is -2.38. The van der Waals surface area contributed by atoms with Crippen LogP contribution in [-0.2, 0) is 32.2 Å². The largest absolute Gasteiger partial charge is 0.490 e. The number of fused-ring (bicyclic) bond motifs is 1. The van der Waals surface area contributed by atoms with Crippen LogP contribution in [0.1, 0.15) is 55.2 Å². The third-order valence-corrected chi connectivity index (χ3v) is 8.19. The molecule has 2 aliphatic rings. The minimum Gasteiger partial charge on any atom is -0.490 e. The van der Waals surface area contributed by atoms with Gasteiger partial charge in [-0.05, 0) is 67.7 Å². The first-order valence-corrected chi connectivity index (χ1v) is 16.0. The smallest absolute Gasteiger partial charge is 0.142 e. The molecule has 4 atom stereocenters. The van der Waals surface area contributed by atoms with Gasteiger partial charge in [-0.15, -0.1) is 0 Å². The molecule has 4 rings (SSSR count). The molecule has 1 heterocycles. The van der Waals surface area contributed by atoms with Gasteiger partial charge in [-0.2, -0.15) is 11.8 Å². The first-order valence-electron chi connectivity index (χ1n) is 14.7. The molecular formula is C32H47NO6S. The summed E-state index contributed by atoms with van der Waals surface area (Å²) in [5, 5.41) is 9.91. The number of aliphatic hydroxyl groups is 1. The van der Waals surface area contributed by atoms with Crippen LogP contribution in [0.4, 0.5) is 5.69 Å². The van der Waals surface area contributed by atoms with Crippen LogP contribution >= 0.6 is 11.8 Å². The van der Waals surface area contributed by atoms with E-state index in [0.29, 0.717) is 26.4 Å². The van der Waals surface area contributed by atoms with Gasteiger partial charge in [0.15, 0.2) is 0 Å². The number of hydrogen-bond acceptors (Lipinski definition) is 8. The minimum atomic E-state index is -0.493. The number of thioether (sulfide) groups is 1. The predicted molar refractivity (Wildman–Crippen MR) is 162 cm³/mol. The molecule has 8 heteroatoms. The second-order valence-electron chi connectivity index (χ2n) is 10.8. The number of aliphatic hydroxyl groups excluding tert-OH is 1. The van der Waals surface area contributed by atoms with Crippen LogP contribution in [0.25, 0.3) is 0 Å². The Morgan fingerprint density at radius 1 is 1.02 bits per heavy atom. The molecule has 0 bridgehead atoms. The van der Waals surface area contributed by atoms with Crippen molar-refractivity contribution >= 4 is 17.4 Å². The number of rotatable bonds is 16. The Morgan fingerprint density at radius 2 is 1.80 bits per heavy atom. The van der Waals surface area contributed by atoms with Crippen molar-refractivity contribution in [1.82, 2.24) is 0 Å². The normalized spacial score (nSPS) is 21.6. The molecule has 0 saturated heterocycles. The highest BCUT2D eigenvalue weighted by molar-refractivity contribution is 7.98. The molecule has 0 unspecified atom stereocenters. The van der Waals surface area contributed by atoms with E-state index in [1.54, 1.807) is 25.8 Å². The molecule has 1 aliphatic heterocycles. The summed E-state index contributed by atoms with van der Waals surface area (Å²) >= 11 is 1.79.